The second-order valence-electron chi connectivity index (χ2n) is 6.06. The van der Waals surface area contributed by atoms with E-state index in [4.69, 9.17) is 9.26 Å². The summed E-state index contributed by atoms with van der Waals surface area (Å²) in [4.78, 5) is 7.06. The molecule has 1 aromatic carbocycles. The van der Waals surface area contributed by atoms with E-state index in [1.165, 1.54) is 12.8 Å². The van der Waals surface area contributed by atoms with Crippen molar-refractivity contribution < 1.29 is 9.26 Å². The molecular formula is C17H23N3O2. The molecule has 0 spiro atoms. The highest BCUT2D eigenvalue weighted by Crippen LogP contribution is 2.34. The van der Waals surface area contributed by atoms with Crippen LogP contribution in [0.15, 0.2) is 28.8 Å². The molecule has 0 radical (unpaired) electrons. The fourth-order valence-electron chi connectivity index (χ4n) is 3.45. The molecule has 1 saturated heterocycles. The Morgan fingerprint density at radius 3 is 2.59 bits per heavy atom. The first-order valence-corrected chi connectivity index (χ1v) is 7.86. The first kappa shape index (κ1) is 15.0. The van der Waals surface area contributed by atoms with Gasteiger partial charge in [0.25, 0.3) is 0 Å². The van der Waals surface area contributed by atoms with Gasteiger partial charge in [0.05, 0.1) is 18.7 Å². The van der Waals surface area contributed by atoms with E-state index in [0.29, 0.717) is 23.8 Å². The molecule has 1 aromatic heterocycles. The number of rotatable bonds is 4. The number of aromatic nitrogens is 2. The Balaban J connectivity index is 1.87. The van der Waals surface area contributed by atoms with Gasteiger partial charge in [0.15, 0.2) is 0 Å². The van der Waals surface area contributed by atoms with Gasteiger partial charge in [-0.1, -0.05) is 17.3 Å². The van der Waals surface area contributed by atoms with E-state index in [9.17, 15) is 0 Å². The largest absolute Gasteiger partial charge is 0.496 e. The molecule has 5 nitrogen and oxygen atoms in total. The molecule has 1 aliphatic heterocycles. The van der Waals surface area contributed by atoms with E-state index in [1.807, 2.05) is 24.3 Å². The smallest absolute Gasteiger partial charge is 0.244 e. The molecule has 0 N–H and O–H groups in total. The SMILES string of the molecule is COc1ccccc1-c1noc([C@@H](C)N2[C@H](C)CC[C@@H]2C)n1. The molecular weight excluding hydrogens is 278 g/mol. The van der Waals surface area contributed by atoms with Crippen molar-refractivity contribution in [2.75, 3.05) is 7.11 Å². The van der Waals surface area contributed by atoms with Crippen LogP contribution < -0.4 is 4.74 Å². The maximum absolute atomic E-state index is 5.53. The number of hydrogen-bond acceptors (Lipinski definition) is 5. The highest BCUT2D eigenvalue weighted by atomic mass is 16.5. The van der Waals surface area contributed by atoms with Crippen LogP contribution in [0.5, 0.6) is 5.75 Å². The number of benzene rings is 1. The Hall–Kier alpha value is -1.88. The number of nitrogens with zero attached hydrogens (tertiary/aromatic N) is 3. The maximum atomic E-state index is 5.53. The molecule has 0 amide bonds. The number of likely N-dealkylation sites (tertiary alicyclic amines) is 1. The number of hydrogen-bond donors (Lipinski definition) is 0. The molecule has 1 fully saturated rings. The van der Waals surface area contributed by atoms with Crippen molar-refractivity contribution >= 4 is 0 Å². The van der Waals surface area contributed by atoms with Crippen molar-refractivity contribution in [1.29, 1.82) is 0 Å². The van der Waals surface area contributed by atoms with E-state index in [2.05, 4.69) is 35.8 Å². The Bertz CT molecular complexity index is 630. The Morgan fingerprint density at radius 1 is 1.23 bits per heavy atom. The third kappa shape index (κ3) is 2.61. The standard InChI is InChI=1S/C17H23N3O2/c1-11-9-10-12(2)20(11)13(3)17-18-16(19-22-17)14-7-5-6-8-15(14)21-4/h5-8,11-13H,9-10H2,1-4H3/t11-,12+,13-/m1/s1. The second kappa shape index (κ2) is 6.08. The summed E-state index contributed by atoms with van der Waals surface area (Å²) in [6.07, 6.45) is 2.44. The monoisotopic (exact) mass is 301 g/mol. The Labute approximate surface area is 131 Å². The molecule has 118 valence electrons. The molecule has 0 bridgehead atoms. The van der Waals surface area contributed by atoms with E-state index < -0.39 is 0 Å². The highest BCUT2D eigenvalue weighted by Gasteiger charge is 2.34. The van der Waals surface area contributed by atoms with Gasteiger partial charge >= 0.3 is 0 Å². The normalized spacial score (nSPS) is 23.6. The van der Waals surface area contributed by atoms with Gasteiger partial charge < -0.3 is 9.26 Å². The van der Waals surface area contributed by atoms with Gasteiger partial charge in [-0.2, -0.15) is 4.98 Å². The summed E-state index contributed by atoms with van der Waals surface area (Å²) >= 11 is 0. The van der Waals surface area contributed by atoms with Crippen molar-refractivity contribution in [3.8, 4) is 17.1 Å². The topological polar surface area (TPSA) is 51.4 Å². The highest BCUT2D eigenvalue weighted by molar-refractivity contribution is 5.63. The fraction of sp³-hybridized carbons (Fsp3) is 0.529. The van der Waals surface area contributed by atoms with Crippen LogP contribution in [0.3, 0.4) is 0 Å². The summed E-state index contributed by atoms with van der Waals surface area (Å²) in [5.41, 5.74) is 0.856. The average Bonchev–Trinajstić information content (AvgIpc) is 3.14. The van der Waals surface area contributed by atoms with Crippen molar-refractivity contribution in [2.45, 2.75) is 51.7 Å². The Kier molecular flexibility index (Phi) is 4.16. The molecule has 0 saturated carbocycles. The average molecular weight is 301 g/mol. The molecule has 3 rings (SSSR count). The van der Waals surface area contributed by atoms with Gasteiger partial charge in [-0.25, -0.2) is 0 Å². The van der Waals surface area contributed by atoms with Gasteiger partial charge in [0.2, 0.25) is 11.7 Å². The zero-order valence-corrected chi connectivity index (χ0v) is 13.6. The first-order valence-electron chi connectivity index (χ1n) is 7.86. The lowest BCUT2D eigenvalue weighted by molar-refractivity contribution is 0.128. The minimum atomic E-state index is 0.128. The lowest BCUT2D eigenvalue weighted by Crippen LogP contribution is -2.35. The molecule has 2 aromatic rings. The lowest BCUT2D eigenvalue weighted by Gasteiger charge is -2.30. The molecule has 3 atom stereocenters. The predicted molar refractivity (Wildman–Crippen MR) is 84.7 cm³/mol. The summed E-state index contributed by atoms with van der Waals surface area (Å²) in [7, 11) is 1.65. The lowest BCUT2D eigenvalue weighted by atomic mass is 10.2. The van der Waals surface area contributed by atoms with Gasteiger partial charge in [-0.15, -0.1) is 0 Å². The third-order valence-electron chi connectivity index (χ3n) is 4.61. The first-order chi connectivity index (χ1) is 10.6. The van der Waals surface area contributed by atoms with Crippen molar-refractivity contribution in [3.05, 3.63) is 30.2 Å². The minimum absolute atomic E-state index is 0.128. The van der Waals surface area contributed by atoms with Crippen LogP contribution in [0, 0.1) is 0 Å². The van der Waals surface area contributed by atoms with Crippen LogP contribution in [-0.2, 0) is 0 Å². The molecule has 0 unspecified atom stereocenters. The predicted octanol–water partition coefficient (Wildman–Crippen LogP) is 3.68. The number of ether oxygens (including phenoxy) is 1. The van der Waals surface area contributed by atoms with Crippen molar-refractivity contribution in [3.63, 3.8) is 0 Å². The van der Waals surface area contributed by atoms with Crippen LogP contribution in [0.25, 0.3) is 11.4 Å². The van der Waals surface area contributed by atoms with E-state index in [0.717, 1.165) is 11.3 Å². The maximum Gasteiger partial charge on any atom is 0.244 e. The second-order valence-corrected chi connectivity index (χ2v) is 6.06. The summed E-state index contributed by atoms with van der Waals surface area (Å²) in [5.74, 6) is 2.01. The molecule has 2 heterocycles. The van der Waals surface area contributed by atoms with E-state index >= 15 is 0 Å². The quantitative estimate of drug-likeness (QED) is 0.862. The summed E-state index contributed by atoms with van der Waals surface area (Å²) in [6, 6.07) is 8.95. The summed E-state index contributed by atoms with van der Waals surface area (Å²) in [5, 5.41) is 4.14. The van der Waals surface area contributed by atoms with Gasteiger partial charge in [0.1, 0.15) is 5.75 Å². The fourth-order valence-corrected chi connectivity index (χ4v) is 3.45. The zero-order chi connectivity index (χ0) is 15.7. The van der Waals surface area contributed by atoms with E-state index in [1.54, 1.807) is 7.11 Å². The van der Waals surface area contributed by atoms with Crippen LogP contribution >= 0.6 is 0 Å². The third-order valence-corrected chi connectivity index (χ3v) is 4.61. The van der Waals surface area contributed by atoms with Crippen molar-refractivity contribution in [1.82, 2.24) is 15.0 Å². The molecule has 5 heteroatoms. The summed E-state index contributed by atoms with van der Waals surface area (Å²) < 4.78 is 10.9. The van der Waals surface area contributed by atoms with Crippen LogP contribution in [0.1, 0.15) is 45.5 Å². The number of methoxy groups -OCH3 is 1. The molecule has 22 heavy (non-hydrogen) atoms. The van der Waals surface area contributed by atoms with Gasteiger partial charge in [-0.05, 0) is 45.7 Å². The molecule has 1 aliphatic rings. The van der Waals surface area contributed by atoms with Crippen molar-refractivity contribution in [2.24, 2.45) is 0 Å². The van der Waals surface area contributed by atoms with Gasteiger partial charge in [-0.3, -0.25) is 4.90 Å². The van der Waals surface area contributed by atoms with Crippen LogP contribution in [-0.4, -0.2) is 34.2 Å². The zero-order valence-electron chi connectivity index (χ0n) is 13.6. The van der Waals surface area contributed by atoms with Crippen LogP contribution in [0.2, 0.25) is 0 Å². The van der Waals surface area contributed by atoms with Crippen LogP contribution in [0.4, 0.5) is 0 Å². The number of para-hydroxylation sites is 1. The Morgan fingerprint density at radius 2 is 1.91 bits per heavy atom. The van der Waals surface area contributed by atoms with E-state index in [-0.39, 0.29) is 6.04 Å². The minimum Gasteiger partial charge on any atom is -0.496 e. The van der Waals surface area contributed by atoms with Gasteiger partial charge in [0, 0.05) is 12.1 Å². The molecule has 0 aliphatic carbocycles. The summed E-state index contributed by atoms with van der Waals surface area (Å²) in [6.45, 7) is 6.66.